The Morgan fingerprint density at radius 2 is 1.82 bits per heavy atom. The van der Waals surface area contributed by atoms with Gasteiger partial charge in [-0.25, -0.2) is 29.5 Å². The largest absolute Gasteiger partial charge is 0.481 e. The highest BCUT2D eigenvalue weighted by molar-refractivity contribution is 7.14. The molecule has 1 fully saturated rings. The summed E-state index contributed by atoms with van der Waals surface area (Å²) in [5.41, 5.74) is 1.87. The SMILES string of the molecule is COC(=O)c1nc(-c2ccc(OC)nc2-c2csc(-c3csc([C@@H]4CCCN4C(=O)OC(C)(C)C)n3)n2)oc1C. The Bertz CT molecular complexity index is 1550. The number of pyridine rings is 1. The fraction of sp³-hybridized carbons (Fsp3) is 0.407. The van der Waals surface area contributed by atoms with E-state index in [2.05, 4.69) is 9.97 Å². The predicted octanol–water partition coefficient (Wildman–Crippen LogP) is 6.16. The minimum atomic E-state index is -0.585. The normalized spacial score (nSPS) is 15.3. The molecule has 0 aromatic carbocycles. The van der Waals surface area contributed by atoms with Crippen molar-refractivity contribution in [1.29, 1.82) is 0 Å². The van der Waals surface area contributed by atoms with E-state index >= 15 is 0 Å². The average molecular weight is 584 g/mol. The molecule has 1 amide bonds. The summed E-state index contributed by atoms with van der Waals surface area (Å²) in [5.74, 6) is 0.365. The zero-order chi connectivity index (χ0) is 28.6. The van der Waals surface area contributed by atoms with Gasteiger partial charge in [-0.15, -0.1) is 22.7 Å². The summed E-state index contributed by atoms with van der Waals surface area (Å²) in [7, 11) is 2.82. The van der Waals surface area contributed by atoms with Gasteiger partial charge in [0.15, 0.2) is 5.69 Å². The van der Waals surface area contributed by atoms with Gasteiger partial charge in [0.2, 0.25) is 11.8 Å². The second-order valence-corrected chi connectivity index (χ2v) is 11.9. The second kappa shape index (κ2) is 11.0. The molecule has 5 heterocycles. The third kappa shape index (κ3) is 5.56. The number of rotatable bonds is 6. The molecule has 0 aliphatic carbocycles. The van der Waals surface area contributed by atoms with Crippen molar-refractivity contribution < 1.29 is 28.2 Å². The molecule has 0 unspecified atom stereocenters. The molecule has 1 aliphatic heterocycles. The van der Waals surface area contributed by atoms with Crippen molar-refractivity contribution in [2.24, 2.45) is 0 Å². The van der Waals surface area contributed by atoms with Gasteiger partial charge in [0.25, 0.3) is 0 Å². The Labute approximate surface area is 239 Å². The van der Waals surface area contributed by atoms with Crippen molar-refractivity contribution in [1.82, 2.24) is 24.8 Å². The molecule has 11 nitrogen and oxygen atoms in total. The number of ether oxygens (including phenoxy) is 3. The summed E-state index contributed by atoms with van der Waals surface area (Å²) in [6.07, 6.45) is 1.40. The highest BCUT2D eigenvalue weighted by atomic mass is 32.1. The lowest BCUT2D eigenvalue weighted by molar-refractivity contribution is 0.0224. The van der Waals surface area contributed by atoms with Gasteiger partial charge in [0.05, 0.1) is 25.8 Å². The average Bonchev–Trinajstić information content (AvgIpc) is 3.72. The van der Waals surface area contributed by atoms with Gasteiger partial charge in [-0.05, 0) is 46.6 Å². The number of thiazole rings is 2. The van der Waals surface area contributed by atoms with Gasteiger partial charge in [-0.3, -0.25) is 4.90 Å². The quantitative estimate of drug-likeness (QED) is 0.243. The number of hydrogen-bond acceptors (Lipinski definition) is 12. The smallest absolute Gasteiger partial charge is 0.410 e. The number of hydrogen-bond donors (Lipinski definition) is 0. The van der Waals surface area contributed by atoms with Crippen molar-refractivity contribution in [3.05, 3.63) is 39.4 Å². The summed E-state index contributed by atoms with van der Waals surface area (Å²) in [4.78, 5) is 45.2. The van der Waals surface area contributed by atoms with Gasteiger partial charge < -0.3 is 18.6 Å². The monoisotopic (exact) mass is 583 g/mol. The summed E-state index contributed by atoms with van der Waals surface area (Å²) in [5, 5.41) is 5.37. The van der Waals surface area contributed by atoms with Crippen LogP contribution >= 0.6 is 22.7 Å². The van der Waals surface area contributed by atoms with Crippen LogP contribution in [0.5, 0.6) is 5.88 Å². The fourth-order valence-corrected chi connectivity index (χ4v) is 6.11. The van der Waals surface area contributed by atoms with Crippen LogP contribution in [-0.4, -0.2) is 63.3 Å². The highest BCUT2D eigenvalue weighted by Crippen LogP contribution is 2.39. The summed E-state index contributed by atoms with van der Waals surface area (Å²) < 4.78 is 21.6. The summed E-state index contributed by atoms with van der Waals surface area (Å²) >= 11 is 2.93. The molecule has 1 atom stereocenters. The highest BCUT2D eigenvalue weighted by Gasteiger charge is 2.35. The number of likely N-dealkylation sites (tertiary alicyclic amines) is 1. The number of carbonyl (C=O) groups excluding carboxylic acids is 2. The maximum absolute atomic E-state index is 12.8. The lowest BCUT2D eigenvalue weighted by Crippen LogP contribution is -2.36. The minimum Gasteiger partial charge on any atom is -0.481 e. The lowest BCUT2D eigenvalue weighted by atomic mass is 10.1. The number of esters is 1. The number of aryl methyl sites for hydroxylation is 1. The summed E-state index contributed by atoms with van der Waals surface area (Å²) in [6, 6.07) is 3.32. The molecular formula is C27H29N5O6S2. The standard InChI is InChI=1S/C27H29N5O6S2/c1-14-20(25(33)36-6)31-22(37-14)15-9-10-19(35-5)30-21(15)16-12-39-23(28-16)17-13-40-24(29-17)18-8-7-11-32(18)26(34)38-27(2,3)4/h9-10,12-13,18H,7-8,11H2,1-6H3/t18-/m0/s1. The van der Waals surface area contributed by atoms with Crippen LogP contribution in [-0.2, 0) is 9.47 Å². The topological polar surface area (TPSA) is 130 Å². The minimum absolute atomic E-state index is 0.0978. The van der Waals surface area contributed by atoms with Crippen LogP contribution in [0, 0.1) is 6.92 Å². The number of nitrogens with zero attached hydrogens (tertiary/aromatic N) is 5. The summed E-state index contributed by atoms with van der Waals surface area (Å²) in [6.45, 7) is 7.87. The van der Waals surface area contributed by atoms with Crippen LogP contribution in [0.25, 0.3) is 33.5 Å². The zero-order valence-electron chi connectivity index (χ0n) is 23.0. The number of oxazole rings is 1. The number of carbonyl (C=O) groups is 2. The van der Waals surface area contributed by atoms with Gasteiger partial charge in [0, 0.05) is 23.4 Å². The van der Waals surface area contributed by atoms with Crippen LogP contribution in [0.15, 0.2) is 27.3 Å². The van der Waals surface area contributed by atoms with E-state index in [-0.39, 0.29) is 23.7 Å². The predicted molar refractivity (Wildman–Crippen MR) is 149 cm³/mol. The first kappa shape index (κ1) is 27.7. The van der Waals surface area contributed by atoms with E-state index in [1.807, 2.05) is 31.5 Å². The molecule has 1 saturated heterocycles. The molecule has 40 heavy (non-hydrogen) atoms. The first-order valence-corrected chi connectivity index (χ1v) is 14.4. The van der Waals surface area contributed by atoms with Gasteiger partial charge in [-0.1, -0.05) is 0 Å². The Kier molecular flexibility index (Phi) is 7.60. The third-order valence-corrected chi connectivity index (χ3v) is 7.95. The molecular weight excluding hydrogens is 554 g/mol. The van der Waals surface area contributed by atoms with Crippen molar-refractivity contribution in [2.45, 2.75) is 52.2 Å². The molecule has 0 saturated carbocycles. The number of amides is 1. The van der Waals surface area contributed by atoms with Crippen LogP contribution in [0.2, 0.25) is 0 Å². The molecule has 1 aliphatic rings. The van der Waals surface area contributed by atoms with E-state index in [1.54, 1.807) is 24.0 Å². The van der Waals surface area contributed by atoms with Gasteiger partial charge in [-0.2, -0.15) is 0 Å². The van der Waals surface area contributed by atoms with E-state index in [4.69, 9.17) is 28.6 Å². The molecule has 4 aromatic heterocycles. The molecule has 13 heteroatoms. The Morgan fingerprint density at radius 3 is 2.55 bits per heavy atom. The Balaban J connectivity index is 1.44. The van der Waals surface area contributed by atoms with Gasteiger partial charge in [0.1, 0.15) is 38.5 Å². The van der Waals surface area contributed by atoms with Crippen LogP contribution in [0.3, 0.4) is 0 Å². The molecule has 0 radical (unpaired) electrons. The molecule has 4 aromatic rings. The molecule has 0 spiro atoms. The van der Waals surface area contributed by atoms with E-state index in [1.165, 1.54) is 36.9 Å². The zero-order valence-corrected chi connectivity index (χ0v) is 24.6. The van der Waals surface area contributed by atoms with Crippen LogP contribution in [0.4, 0.5) is 4.79 Å². The lowest BCUT2D eigenvalue weighted by Gasteiger charge is -2.27. The molecule has 210 valence electrons. The van der Waals surface area contributed by atoms with E-state index in [9.17, 15) is 9.59 Å². The molecule has 5 rings (SSSR count). The molecule has 0 N–H and O–H groups in total. The first-order valence-electron chi connectivity index (χ1n) is 12.6. The van der Waals surface area contributed by atoms with Crippen molar-refractivity contribution in [3.8, 4) is 39.4 Å². The third-order valence-electron chi connectivity index (χ3n) is 6.14. The maximum atomic E-state index is 12.8. The van der Waals surface area contributed by atoms with Crippen LogP contribution in [0.1, 0.15) is 60.9 Å². The van der Waals surface area contributed by atoms with Crippen LogP contribution < -0.4 is 4.74 Å². The fourth-order valence-electron chi connectivity index (χ4n) is 4.32. The second-order valence-electron chi connectivity index (χ2n) is 10.1. The van der Waals surface area contributed by atoms with E-state index in [0.29, 0.717) is 40.1 Å². The number of aromatic nitrogens is 4. The van der Waals surface area contributed by atoms with Gasteiger partial charge >= 0.3 is 12.1 Å². The Morgan fingerprint density at radius 1 is 1.05 bits per heavy atom. The number of methoxy groups -OCH3 is 2. The first-order chi connectivity index (χ1) is 19.1. The van der Waals surface area contributed by atoms with E-state index in [0.717, 1.165) is 23.5 Å². The van der Waals surface area contributed by atoms with Crippen molar-refractivity contribution in [3.63, 3.8) is 0 Å². The van der Waals surface area contributed by atoms with Crippen molar-refractivity contribution in [2.75, 3.05) is 20.8 Å². The maximum Gasteiger partial charge on any atom is 0.410 e. The van der Waals surface area contributed by atoms with Crippen molar-refractivity contribution >= 4 is 34.7 Å². The Hall–Kier alpha value is -3.84. The molecule has 0 bridgehead atoms. The van der Waals surface area contributed by atoms with E-state index < -0.39 is 11.6 Å².